The molecule has 2 aromatic heterocycles. The van der Waals surface area contributed by atoms with Crippen LogP contribution in [0.25, 0.3) is 11.0 Å². The van der Waals surface area contributed by atoms with E-state index in [-0.39, 0.29) is 22.3 Å². The van der Waals surface area contributed by atoms with Crippen molar-refractivity contribution in [2.75, 3.05) is 19.0 Å². The summed E-state index contributed by atoms with van der Waals surface area (Å²) in [5, 5.41) is 13.5. The molecule has 0 bridgehead atoms. The molecule has 0 fully saturated rings. The second-order valence-corrected chi connectivity index (χ2v) is 8.22. The summed E-state index contributed by atoms with van der Waals surface area (Å²) in [5.74, 6) is -0.888. The highest BCUT2D eigenvalue weighted by molar-refractivity contribution is 9.10. The molecule has 0 amide bonds. The zero-order valence-electron chi connectivity index (χ0n) is 16.9. The number of nitrogens with zero attached hydrogens (tertiary/aromatic N) is 2. The first-order valence-corrected chi connectivity index (χ1v) is 10.4. The van der Waals surface area contributed by atoms with Crippen LogP contribution in [0.1, 0.15) is 22.0 Å². The zero-order chi connectivity index (χ0) is 22.1. The van der Waals surface area contributed by atoms with Gasteiger partial charge in [-0.05, 0) is 18.2 Å². The predicted octanol–water partition coefficient (Wildman–Crippen LogP) is 3.45. The van der Waals surface area contributed by atoms with E-state index in [1.807, 2.05) is 31.1 Å². The number of para-hydroxylation sites is 1. The van der Waals surface area contributed by atoms with Crippen LogP contribution < -0.4 is 20.2 Å². The third-order valence-electron chi connectivity index (χ3n) is 5.10. The lowest BCUT2D eigenvalue weighted by Crippen LogP contribution is -2.46. The first kappa shape index (κ1) is 20.8. The SMILES string of the molecule is CN(C)c1cc[n+](C(C(=O)c2ccc(Br)cc2)c2c([O-])c3ccccc3oc2=O)cc1. The summed E-state index contributed by atoms with van der Waals surface area (Å²) in [5.41, 5.74) is 0.463. The molecule has 2 aromatic carbocycles. The van der Waals surface area contributed by atoms with Crippen molar-refractivity contribution in [3.63, 3.8) is 0 Å². The number of Topliss-reactive ketones (excluding diaryl/α,β-unsaturated/α-hetero) is 1. The van der Waals surface area contributed by atoms with Crippen LogP contribution in [0.2, 0.25) is 0 Å². The summed E-state index contributed by atoms with van der Waals surface area (Å²) >= 11 is 3.36. The fourth-order valence-corrected chi connectivity index (χ4v) is 3.72. The van der Waals surface area contributed by atoms with Gasteiger partial charge in [-0.1, -0.05) is 52.0 Å². The van der Waals surface area contributed by atoms with Crippen LogP contribution in [0.3, 0.4) is 0 Å². The minimum Gasteiger partial charge on any atom is -0.871 e. The highest BCUT2D eigenvalue weighted by Crippen LogP contribution is 2.29. The highest BCUT2D eigenvalue weighted by atomic mass is 79.9. The molecular formula is C24H19BrN2O4. The second-order valence-electron chi connectivity index (χ2n) is 7.30. The smallest absolute Gasteiger partial charge is 0.346 e. The van der Waals surface area contributed by atoms with E-state index in [4.69, 9.17) is 4.42 Å². The average molecular weight is 479 g/mol. The van der Waals surface area contributed by atoms with Crippen molar-refractivity contribution in [1.29, 1.82) is 0 Å². The molecule has 0 spiro atoms. The number of aromatic nitrogens is 1. The van der Waals surface area contributed by atoms with E-state index >= 15 is 0 Å². The molecule has 1 atom stereocenters. The minimum absolute atomic E-state index is 0.198. The number of benzene rings is 2. The number of anilines is 1. The van der Waals surface area contributed by atoms with E-state index in [2.05, 4.69) is 15.9 Å². The molecule has 0 radical (unpaired) electrons. The Balaban J connectivity index is 1.94. The summed E-state index contributed by atoms with van der Waals surface area (Å²) in [7, 11) is 3.80. The minimum atomic E-state index is -1.16. The molecule has 31 heavy (non-hydrogen) atoms. The first-order valence-electron chi connectivity index (χ1n) is 9.57. The first-order chi connectivity index (χ1) is 14.9. The Bertz CT molecular complexity index is 1310. The van der Waals surface area contributed by atoms with Gasteiger partial charge in [-0.25, -0.2) is 4.79 Å². The van der Waals surface area contributed by atoms with E-state index in [0.717, 1.165) is 10.2 Å². The van der Waals surface area contributed by atoms with Gasteiger partial charge in [0.25, 0.3) is 6.04 Å². The van der Waals surface area contributed by atoms with Crippen molar-refractivity contribution in [3.8, 4) is 5.75 Å². The largest absolute Gasteiger partial charge is 0.871 e. The van der Waals surface area contributed by atoms with E-state index < -0.39 is 17.4 Å². The fraction of sp³-hybridized carbons (Fsp3) is 0.125. The number of rotatable bonds is 5. The molecule has 1 unspecified atom stereocenters. The van der Waals surface area contributed by atoms with Gasteiger partial charge in [-0.15, -0.1) is 0 Å². The molecule has 2 heterocycles. The predicted molar refractivity (Wildman–Crippen MR) is 120 cm³/mol. The van der Waals surface area contributed by atoms with Gasteiger partial charge in [0.1, 0.15) is 11.1 Å². The van der Waals surface area contributed by atoms with Crippen molar-refractivity contribution >= 4 is 38.4 Å². The molecule has 156 valence electrons. The van der Waals surface area contributed by atoms with Gasteiger partial charge in [0.15, 0.2) is 12.4 Å². The average Bonchev–Trinajstić information content (AvgIpc) is 2.77. The van der Waals surface area contributed by atoms with Crippen LogP contribution in [0.15, 0.2) is 86.7 Å². The quantitative estimate of drug-likeness (QED) is 0.249. The lowest BCUT2D eigenvalue weighted by Gasteiger charge is -2.19. The Kier molecular flexibility index (Phi) is 5.61. The van der Waals surface area contributed by atoms with Crippen molar-refractivity contribution in [3.05, 3.63) is 99.1 Å². The van der Waals surface area contributed by atoms with Crippen LogP contribution in [0.5, 0.6) is 5.75 Å². The third kappa shape index (κ3) is 3.96. The standard InChI is InChI=1S/C24H19BrN2O4/c1-26(2)17-11-13-27(14-12-17)21(22(28)15-7-9-16(25)10-8-15)20-23(29)18-5-3-4-6-19(18)31-24(20)30/h3-14,21H,1-2H3. The summed E-state index contributed by atoms with van der Waals surface area (Å²) in [4.78, 5) is 28.4. The molecule has 0 saturated carbocycles. The van der Waals surface area contributed by atoms with Crippen molar-refractivity contribution in [2.24, 2.45) is 0 Å². The Morgan fingerprint density at radius 2 is 1.68 bits per heavy atom. The summed E-state index contributed by atoms with van der Waals surface area (Å²) in [6.07, 6.45) is 3.37. The van der Waals surface area contributed by atoms with Gasteiger partial charge in [0, 0.05) is 47.3 Å². The lowest BCUT2D eigenvalue weighted by molar-refractivity contribution is -0.699. The number of hydrogen-bond donors (Lipinski definition) is 0. The van der Waals surface area contributed by atoms with E-state index in [1.165, 1.54) is 0 Å². The molecule has 4 aromatic rings. The van der Waals surface area contributed by atoms with Crippen LogP contribution in [-0.4, -0.2) is 19.9 Å². The van der Waals surface area contributed by atoms with Crippen LogP contribution in [0.4, 0.5) is 5.69 Å². The number of halogens is 1. The molecule has 0 aliphatic heterocycles. The van der Waals surface area contributed by atoms with Crippen molar-refractivity contribution in [1.82, 2.24) is 0 Å². The van der Waals surface area contributed by atoms with Crippen LogP contribution >= 0.6 is 15.9 Å². The topological polar surface area (TPSA) is 77.5 Å². The molecule has 0 aliphatic rings. The Morgan fingerprint density at radius 3 is 2.32 bits per heavy atom. The highest BCUT2D eigenvalue weighted by Gasteiger charge is 2.35. The van der Waals surface area contributed by atoms with Crippen LogP contribution in [-0.2, 0) is 0 Å². The van der Waals surface area contributed by atoms with Gasteiger partial charge < -0.3 is 14.4 Å². The van der Waals surface area contributed by atoms with Crippen LogP contribution in [0, 0.1) is 0 Å². The number of carbonyl (C=O) groups is 1. The maximum atomic E-state index is 13.6. The number of ketones is 1. The maximum Gasteiger partial charge on any atom is 0.346 e. The van der Waals surface area contributed by atoms with Crippen molar-refractivity contribution in [2.45, 2.75) is 6.04 Å². The van der Waals surface area contributed by atoms with Gasteiger partial charge in [0.2, 0.25) is 5.78 Å². The molecule has 0 N–H and O–H groups in total. The van der Waals surface area contributed by atoms with E-state index in [0.29, 0.717) is 5.56 Å². The third-order valence-corrected chi connectivity index (χ3v) is 5.63. The molecule has 7 heteroatoms. The fourth-order valence-electron chi connectivity index (χ4n) is 3.46. The maximum absolute atomic E-state index is 13.6. The second kappa shape index (κ2) is 8.35. The Hall–Kier alpha value is -3.45. The summed E-state index contributed by atoms with van der Waals surface area (Å²) < 4.78 is 7.79. The monoisotopic (exact) mass is 478 g/mol. The number of pyridine rings is 1. The number of hydrogen-bond acceptors (Lipinski definition) is 5. The van der Waals surface area contributed by atoms with Gasteiger partial charge in [-0.3, -0.25) is 4.79 Å². The molecule has 0 saturated heterocycles. The van der Waals surface area contributed by atoms with Crippen molar-refractivity contribution < 1.29 is 18.9 Å². The lowest BCUT2D eigenvalue weighted by atomic mass is 9.96. The number of carbonyl (C=O) groups excluding carboxylic acids is 1. The van der Waals surface area contributed by atoms with Gasteiger partial charge in [0.05, 0.1) is 0 Å². The number of fused-ring (bicyclic) bond motifs is 1. The molecule has 6 nitrogen and oxygen atoms in total. The summed E-state index contributed by atoms with van der Waals surface area (Å²) in [6.45, 7) is 0. The van der Waals surface area contributed by atoms with Gasteiger partial charge in [-0.2, -0.15) is 4.57 Å². The zero-order valence-corrected chi connectivity index (χ0v) is 18.5. The molecular weight excluding hydrogens is 460 g/mol. The Morgan fingerprint density at radius 1 is 1.03 bits per heavy atom. The Labute approximate surface area is 187 Å². The van der Waals surface area contributed by atoms with Gasteiger partial charge >= 0.3 is 5.63 Å². The molecule has 4 rings (SSSR count). The van der Waals surface area contributed by atoms with E-state index in [1.54, 1.807) is 65.5 Å². The normalized spacial score (nSPS) is 12.0. The summed E-state index contributed by atoms with van der Waals surface area (Å²) in [6, 6.07) is 15.8. The van der Waals surface area contributed by atoms with E-state index in [9.17, 15) is 14.7 Å². The molecule has 0 aliphatic carbocycles.